The van der Waals surface area contributed by atoms with Crippen LogP contribution in [0.3, 0.4) is 0 Å². The molecule has 4 heteroatoms. The van der Waals surface area contributed by atoms with Gasteiger partial charge in [0.2, 0.25) is 0 Å². The van der Waals surface area contributed by atoms with Crippen molar-refractivity contribution in [3.63, 3.8) is 0 Å². The van der Waals surface area contributed by atoms with E-state index >= 15 is 0 Å². The standard InChI is InChI=1S/C14H19BrClNO/c1-4-14(5-2,6-3)17-13(18)10-7-8-12(16)11(15)9-10/h7-9H,4-6H2,1-3H3,(H,17,18). The van der Waals surface area contributed by atoms with Crippen molar-refractivity contribution in [3.8, 4) is 0 Å². The zero-order valence-corrected chi connectivity index (χ0v) is 13.4. The summed E-state index contributed by atoms with van der Waals surface area (Å²) in [6.07, 6.45) is 2.79. The Labute approximate surface area is 122 Å². The quantitative estimate of drug-likeness (QED) is 0.824. The van der Waals surface area contributed by atoms with E-state index in [1.54, 1.807) is 18.2 Å². The minimum absolute atomic E-state index is 0.0436. The van der Waals surface area contributed by atoms with E-state index in [0.717, 1.165) is 23.7 Å². The van der Waals surface area contributed by atoms with Crippen molar-refractivity contribution in [2.45, 2.75) is 45.6 Å². The van der Waals surface area contributed by atoms with Crippen molar-refractivity contribution in [3.05, 3.63) is 33.3 Å². The number of rotatable bonds is 5. The topological polar surface area (TPSA) is 29.1 Å². The van der Waals surface area contributed by atoms with Crippen LogP contribution in [0.4, 0.5) is 0 Å². The maximum Gasteiger partial charge on any atom is 0.251 e. The highest BCUT2D eigenvalue weighted by molar-refractivity contribution is 9.10. The van der Waals surface area contributed by atoms with E-state index in [9.17, 15) is 4.79 Å². The van der Waals surface area contributed by atoms with Crippen LogP contribution in [0, 0.1) is 0 Å². The molecule has 0 aliphatic carbocycles. The average Bonchev–Trinajstić information content (AvgIpc) is 2.39. The molecule has 0 atom stereocenters. The molecule has 0 aromatic heterocycles. The monoisotopic (exact) mass is 331 g/mol. The molecule has 0 heterocycles. The zero-order valence-electron chi connectivity index (χ0n) is 11.0. The third-order valence-corrected chi connectivity index (χ3v) is 4.80. The van der Waals surface area contributed by atoms with Gasteiger partial charge in [-0.15, -0.1) is 0 Å². The van der Waals surface area contributed by atoms with Crippen molar-refractivity contribution >= 4 is 33.4 Å². The van der Waals surface area contributed by atoms with E-state index in [1.165, 1.54) is 0 Å². The first kappa shape index (κ1) is 15.5. The molecule has 0 saturated heterocycles. The predicted molar refractivity (Wildman–Crippen MR) is 80.2 cm³/mol. The average molecular weight is 333 g/mol. The Bertz CT molecular complexity index is 422. The number of halogens is 2. The van der Waals surface area contributed by atoms with Gasteiger partial charge in [0, 0.05) is 15.6 Å². The summed E-state index contributed by atoms with van der Waals surface area (Å²) in [5.41, 5.74) is 0.523. The molecular formula is C14H19BrClNO. The van der Waals surface area contributed by atoms with Gasteiger partial charge in [-0.05, 0) is 53.4 Å². The van der Waals surface area contributed by atoms with Crippen LogP contribution in [-0.4, -0.2) is 11.4 Å². The van der Waals surface area contributed by atoms with Gasteiger partial charge in [0.25, 0.3) is 5.91 Å². The third kappa shape index (κ3) is 3.48. The van der Waals surface area contributed by atoms with Gasteiger partial charge in [0.1, 0.15) is 0 Å². The van der Waals surface area contributed by atoms with Crippen LogP contribution >= 0.6 is 27.5 Å². The van der Waals surface area contributed by atoms with Gasteiger partial charge in [-0.2, -0.15) is 0 Å². The second kappa shape index (κ2) is 6.58. The number of carbonyl (C=O) groups is 1. The van der Waals surface area contributed by atoms with Gasteiger partial charge in [-0.3, -0.25) is 4.79 Å². The molecule has 0 spiro atoms. The molecule has 0 aliphatic rings. The molecule has 0 unspecified atom stereocenters. The lowest BCUT2D eigenvalue weighted by molar-refractivity contribution is 0.0888. The molecule has 18 heavy (non-hydrogen) atoms. The molecule has 0 radical (unpaired) electrons. The summed E-state index contributed by atoms with van der Waals surface area (Å²) in [5.74, 6) is -0.0436. The van der Waals surface area contributed by atoms with E-state index in [-0.39, 0.29) is 11.4 Å². The molecule has 1 rings (SSSR count). The molecule has 0 fully saturated rings. The minimum Gasteiger partial charge on any atom is -0.347 e. The molecule has 0 saturated carbocycles. The van der Waals surface area contributed by atoms with E-state index < -0.39 is 0 Å². The molecule has 1 aromatic carbocycles. The van der Waals surface area contributed by atoms with Crippen LogP contribution < -0.4 is 5.32 Å². The summed E-state index contributed by atoms with van der Waals surface area (Å²) in [4.78, 5) is 12.2. The molecule has 100 valence electrons. The lowest BCUT2D eigenvalue weighted by atomic mass is 9.89. The molecule has 2 nitrogen and oxygen atoms in total. The second-order valence-electron chi connectivity index (χ2n) is 4.42. The Morgan fingerprint density at radius 3 is 2.28 bits per heavy atom. The van der Waals surface area contributed by atoms with Gasteiger partial charge in [0.05, 0.1) is 5.02 Å². The Morgan fingerprint density at radius 2 is 1.83 bits per heavy atom. The number of hydrogen-bond donors (Lipinski definition) is 1. The normalized spacial score (nSPS) is 11.4. The van der Waals surface area contributed by atoms with Gasteiger partial charge >= 0.3 is 0 Å². The maximum absolute atomic E-state index is 12.2. The Balaban J connectivity index is 2.90. The van der Waals surface area contributed by atoms with Crippen LogP contribution in [-0.2, 0) is 0 Å². The number of benzene rings is 1. The molecular weight excluding hydrogens is 314 g/mol. The summed E-state index contributed by atoms with van der Waals surface area (Å²) in [7, 11) is 0. The number of carbonyl (C=O) groups excluding carboxylic acids is 1. The fraction of sp³-hybridized carbons (Fsp3) is 0.500. The molecule has 0 aliphatic heterocycles. The summed E-state index contributed by atoms with van der Waals surface area (Å²) in [5, 5.41) is 3.75. The van der Waals surface area contributed by atoms with Crippen LogP contribution in [0.15, 0.2) is 22.7 Å². The van der Waals surface area contributed by atoms with Gasteiger partial charge in [-0.1, -0.05) is 32.4 Å². The Hall–Kier alpha value is -0.540. The molecule has 1 aromatic rings. The first-order valence-corrected chi connectivity index (χ1v) is 7.42. The molecule has 1 N–H and O–H groups in total. The fourth-order valence-corrected chi connectivity index (χ4v) is 2.46. The Kier molecular flexibility index (Phi) is 5.67. The van der Waals surface area contributed by atoms with E-state index in [0.29, 0.717) is 10.6 Å². The van der Waals surface area contributed by atoms with Crippen molar-refractivity contribution in [1.29, 1.82) is 0 Å². The fourth-order valence-electron chi connectivity index (χ4n) is 1.97. The lowest BCUT2D eigenvalue weighted by Gasteiger charge is -2.31. The maximum atomic E-state index is 12.2. The zero-order chi connectivity index (χ0) is 13.8. The van der Waals surface area contributed by atoms with Crippen LogP contribution in [0.1, 0.15) is 50.4 Å². The number of hydrogen-bond acceptors (Lipinski definition) is 1. The summed E-state index contributed by atoms with van der Waals surface area (Å²) in [6, 6.07) is 5.23. The van der Waals surface area contributed by atoms with Crippen LogP contribution in [0.25, 0.3) is 0 Å². The van der Waals surface area contributed by atoms with E-state index in [2.05, 4.69) is 42.0 Å². The second-order valence-corrected chi connectivity index (χ2v) is 5.69. The minimum atomic E-state index is -0.108. The highest BCUT2D eigenvalue weighted by atomic mass is 79.9. The third-order valence-electron chi connectivity index (χ3n) is 3.59. The number of nitrogens with one attached hydrogen (secondary N) is 1. The van der Waals surface area contributed by atoms with Crippen molar-refractivity contribution in [2.24, 2.45) is 0 Å². The van der Waals surface area contributed by atoms with Crippen molar-refractivity contribution in [1.82, 2.24) is 5.32 Å². The van der Waals surface area contributed by atoms with Crippen LogP contribution in [0.2, 0.25) is 5.02 Å². The SMILES string of the molecule is CCC(CC)(CC)NC(=O)c1ccc(Cl)c(Br)c1. The molecule has 0 bridgehead atoms. The summed E-state index contributed by atoms with van der Waals surface area (Å²) in [6.45, 7) is 6.31. The van der Waals surface area contributed by atoms with Gasteiger partial charge < -0.3 is 5.32 Å². The first-order chi connectivity index (χ1) is 8.48. The predicted octanol–water partition coefficient (Wildman–Crippen LogP) is 4.80. The highest BCUT2D eigenvalue weighted by Crippen LogP contribution is 2.24. The van der Waals surface area contributed by atoms with E-state index in [4.69, 9.17) is 11.6 Å². The van der Waals surface area contributed by atoms with Crippen molar-refractivity contribution in [2.75, 3.05) is 0 Å². The highest BCUT2D eigenvalue weighted by Gasteiger charge is 2.26. The first-order valence-electron chi connectivity index (χ1n) is 6.25. The number of amides is 1. The Morgan fingerprint density at radius 1 is 1.28 bits per heavy atom. The lowest BCUT2D eigenvalue weighted by Crippen LogP contribution is -2.47. The van der Waals surface area contributed by atoms with Gasteiger partial charge in [0.15, 0.2) is 0 Å². The smallest absolute Gasteiger partial charge is 0.251 e. The summed E-state index contributed by atoms with van der Waals surface area (Å²) >= 11 is 9.25. The van der Waals surface area contributed by atoms with Gasteiger partial charge in [-0.25, -0.2) is 0 Å². The van der Waals surface area contributed by atoms with E-state index in [1.807, 2.05) is 0 Å². The molecule has 1 amide bonds. The largest absolute Gasteiger partial charge is 0.347 e. The summed E-state index contributed by atoms with van der Waals surface area (Å²) < 4.78 is 0.743. The van der Waals surface area contributed by atoms with Crippen molar-refractivity contribution < 1.29 is 4.79 Å². The van der Waals surface area contributed by atoms with Crippen LogP contribution in [0.5, 0.6) is 0 Å².